The Morgan fingerprint density at radius 2 is 1.90 bits per heavy atom. The van der Waals surface area contributed by atoms with E-state index >= 15 is 0 Å². The summed E-state index contributed by atoms with van der Waals surface area (Å²) in [7, 11) is 0. The van der Waals surface area contributed by atoms with Gasteiger partial charge in [-0.15, -0.1) is 0 Å². The summed E-state index contributed by atoms with van der Waals surface area (Å²) in [6, 6.07) is 12.6. The van der Waals surface area contributed by atoms with Crippen LogP contribution in [0.4, 0.5) is 0 Å². The number of carbonyl (C=O) groups is 3. The van der Waals surface area contributed by atoms with E-state index in [2.05, 4.69) is 43.8 Å². The van der Waals surface area contributed by atoms with Gasteiger partial charge in [0.05, 0.1) is 5.76 Å². The third kappa shape index (κ3) is 10.3. The molecule has 0 saturated heterocycles. The van der Waals surface area contributed by atoms with Gasteiger partial charge in [0, 0.05) is 18.1 Å². The number of aryl methyl sites for hydroxylation is 2. The van der Waals surface area contributed by atoms with Gasteiger partial charge in [0.25, 0.3) is 5.91 Å². The second-order valence-corrected chi connectivity index (χ2v) is 10.8. The fraction of sp³-hybridized carbons (Fsp3) is 0.400. The van der Waals surface area contributed by atoms with Gasteiger partial charge < -0.3 is 9.64 Å². The number of benzene rings is 2. The fourth-order valence-electron chi connectivity index (χ4n) is 4.92. The Hall–Kier alpha value is -3.64. The molecular formula is C35H45ClN2O4. The number of rotatable bonds is 8. The normalized spacial score (nSPS) is 15.4. The first kappa shape index (κ1) is 34.6. The summed E-state index contributed by atoms with van der Waals surface area (Å²) in [4.78, 5) is 37.9. The van der Waals surface area contributed by atoms with Crippen molar-refractivity contribution in [2.45, 2.75) is 73.3 Å². The smallest absolute Gasteiger partial charge is 0.253 e. The molecule has 2 aromatic carbocycles. The Morgan fingerprint density at radius 3 is 2.50 bits per heavy atom. The summed E-state index contributed by atoms with van der Waals surface area (Å²) in [6.45, 7) is 16.9. The van der Waals surface area contributed by atoms with Crippen LogP contribution in [0.3, 0.4) is 0 Å². The number of nitrogens with zero attached hydrogens (tertiary/aromatic N) is 2. The van der Waals surface area contributed by atoms with E-state index in [-0.39, 0.29) is 12.5 Å². The molecule has 0 spiro atoms. The average Bonchev–Trinajstić information content (AvgIpc) is 3.35. The quantitative estimate of drug-likeness (QED) is 0.179. The molecule has 3 amide bonds. The van der Waals surface area contributed by atoms with E-state index in [0.29, 0.717) is 32.0 Å². The summed E-state index contributed by atoms with van der Waals surface area (Å²) < 4.78 is 5.28. The Bertz CT molecular complexity index is 1290. The van der Waals surface area contributed by atoms with Crippen LogP contribution in [0, 0.1) is 6.92 Å². The SMILES string of the molecule is C/C=C\C(=O)N(C=O)CC(=O)N1CC=C(c2ccc3c(c2)C(C)CC3)CC1.C=C(C)OCc1cc(C)cc(Cl)c1.CC. The molecule has 0 bridgehead atoms. The van der Waals surface area contributed by atoms with Gasteiger partial charge in [0.2, 0.25) is 12.3 Å². The zero-order valence-corrected chi connectivity index (χ0v) is 26.7. The van der Waals surface area contributed by atoms with Crippen molar-refractivity contribution in [1.29, 1.82) is 0 Å². The molecule has 226 valence electrons. The highest BCUT2D eigenvalue weighted by Crippen LogP contribution is 2.35. The predicted molar refractivity (Wildman–Crippen MR) is 172 cm³/mol. The lowest BCUT2D eigenvalue weighted by Crippen LogP contribution is -2.43. The first-order chi connectivity index (χ1) is 20.1. The van der Waals surface area contributed by atoms with Crippen LogP contribution < -0.4 is 0 Å². The highest BCUT2D eigenvalue weighted by molar-refractivity contribution is 6.30. The molecule has 1 aliphatic carbocycles. The van der Waals surface area contributed by atoms with Gasteiger partial charge in [0.15, 0.2) is 0 Å². The zero-order valence-electron chi connectivity index (χ0n) is 25.9. The van der Waals surface area contributed by atoms with E-state index in [0.717, 1.165) is 39.7 Å². The van der Waals surface area contributed by atoms with Crippen molar-refractivity contribution >= 4 is 35.4 Å². The Balaban J connectivity index is 0.000000345. The number of allylic oxidation sites excluding steroid dienone is 2. The van der Waals surface area contributed by atoms with Crippen LogP contribution in [0.15, 0.2) is 67.0 Å². The van der Waals surface area contributed by atoms with E-state index in [1.54, 1.807) is 17.9 Å². The molecule has 0 radical (unpaired) electrons. The van der Waals surface area contributed by atoms with Crippen molar-refractivity contribution in [3.05, 3.63) is 99.8 Å². The molecule has 0 aromatic heterocycles. The van der Waals surface area contributed by atoms with E-state index in [1.807, 2.05) is 39.8 Å². The molecular weight excluding hydrogens is 548 g/mol. The van der Waals surface area contributed by atoms with Crippen LogP contribution in [0.2, 0.25) is 5.02 Å². The van der Waals surface area contributed by atoms with E-state index in [9.17, 15) is 14.4 Å². The van der Waals surface area contributed by atoms with Crippen molar-refractivity contribution in [2.75, 3.05) is 19.6 Å². The number of hydrogen-bond donors (Lipinski definition) is 0. The van der Waals surface area contributed by atoms with Crippen molar-refractivity contribution in [1.82, 2.24) is 9.80 Å². The minimum absolute atomic E-state index is 0.210. The second-order valence-electron chi connectivity index (χ2n) is 10.4. The molecule has 2 aromatic rings. The first-order valence-corrected chi connectivity index (χ1v) is 15.0. The van der Waals surface area contributed by atoms with Crippen molar-refractivity contribution in [2.24, 2.45) is 0 Å². The Kier molecular flexibility index (Phi) is 14.3. The number of carbonyl (C=O) groups excluding carboxylic acids is 3. The van der Waals surface area contributed by atoms with Crippen molar-refractivity contribution in [3.8, 4) is 0 Å². The number of halogens is 1. The number of hydrogen-bond acceptors (Lipinski definition) is 4. The molecule has 7 heteroatoms. The van der Waals surface area contributed by atoms with Gasteiger partial charge in [-0.2, -0.15) is 0 Å². The molecule has 1 unspecified atom stereocenters. The fourth-order valence-corrected chi connectivity index (χ4v) is 5.23. The standard InChI is InChI=1S/C22H26N2O3.C11H13ClO.C2H6/c1-3-4-21(26)24(15-25)14-22(27)23-11-9-17(10-12-23)19-8-7-18-6-5-16(2)20(18)13-19;1-8(2)13-7-10-4-9(3)5-11(12)6-10;1-2/h3-4,7-9,13,15-16H,5-6,10-12,14H2,1-2H3;4-6H,1,7H2,2-3H3;1-2H3/b4-3-;;. The number of imide groups is 1. The van der Waals surface area contributed by atoms with Gasteiger partial charge in [-0.1, -0.05) is 75.4 Å². The highest BCUT2D eigenvalue weighted by atomic mass is 35.5. The third-order valence-electron chi connectivity index (χ3n) is 7.07. The topological polar surface area (TPSA) is 66.9 Å². The Labute approximate surface area is 256 Å². The van der Waals surface area contributed by atoms with Crippen molar-refractivity contribution in [3.63, 3.8) is 0 Å². The van der Waals surface area contributed by atoms with Crippen molar-refractivity contribution < 1.29 is 19.1 Å². The molecule has 1 aliphatic heterocycles. The first-order valence-electron chi connectivity index (χ1n) is 14.6. The maximum Gasteiger partial charge on any atom is 0.253 e. The largest absolute Gasteiger partial charge is 0.494 e. The number of ether oxygens (including phenoxy) is 1. The monoisotopic (exact) mass is 592 g/mol. The van der Waals surface area contributed by atoms with Gasteiger partial charge >= 0.3 is 0 Å². The molecule has 4 rings (SSSR count). The minimum Gasteiger partial charge on any atom is -0.494 e. The summed E-state index contributed by atoms with van der Waals surface area (Å²) in [6.07, 6.45) is 8.50. The van der Waals surface area contributed by atoms with Crippen LogP contribution in [0.5, 0.6) is 0 Å². The summed E-state index contributed by atoms with van der Waals surface area (Å²) >= 11 is 5.89. The lowest BCUT2D eigenvalue weighted by molar-refractivity contribution is -0.142. The molecule has 1 heterocycles. The van der Waals surface area contributed by atoms with Crippen LogP contribution in [-0.2, 0) is 32.1 Å². The second kappa shape index (κ2) is 17.3. The predicted octanol–water partition coefficient (Wildman–Crippen LogP) is 7.64. The molecule has 2 aliphatic rings. The zero-order chi connectivity index (χ0) is 31.2. The van der Waals surface area contributed by atoms with Gasteiger partial charge in [0.1, 0.15) is 13.2 Å². The molecule has 0 saturated carbocycles. The third-order valence-corrected chi connectivity index (χ3v) is 7.29. The maximum atomic E-state index is 12.4. The van der Waals surface area contributed by atoms with E-state index < -0.39 is 5.91 Å². The lowest BCUT2D eigenvalue weighted by atomic mass is 9.94. The van der Waals surface area contributed by atoms with Crippen LogP contribution in [0.25, 0.3) is 5.57 Å². The van der Waals surface area contributed by atoms with Crippen LogP contribution in [0.1, 0.15) is 81.2 Å². The van der Waals surface area contributed by atoms with Crippen LogP contribution in [-0.4, -0.2) is 47.7 Å². The number of amides is 3. The molecule has 1 atom stereocenters. The molecule has 6 nitrogen and oxygen atoms in total. The molecule has 0 fully saturated rings. The average molecular weight is 593 g/mol. The highest BCUT2D eigenvalue weighted by Gasteiger charge is 2.23. The summed E-state index contributed by atoms with van der Waals surface area (Å²) in [5.74, 6) is 0.656. The van der Waals surface area contributed by atoms with Gasteiger partial charge in [-0.3, -0.25) is 19.3 Å². The Morgan fingerprint density at radius 1 is 1.17 bits per heavy atom. The van der Waals surface area contributed by atoms with E-state index in [4.69, 9.17) is 16.3 Å². The molecule has 0 N–H and O–H groups in total. The lowest BCUT2D eigenvalue weighted by Gasteiger charge is -2.28. The summed E-state index contributed by atoms with van der Waals surface area (Å²) in [5.41, 5.74) is 7.64. The minimum atomic E-state index is -0.471. The van der Waals surface area contributed by atoms with Gasteiger partial charge in [-0.25, -0.2) is 0 Å². The van der Waals surface area contributed by atoms with E-state index in [1.165, 1.54) is 34.8 Å². The summed E-state index contributed by atoms with van der Waals surface area (Å²) in [5, 5.41) is 0.750. The van der Waals surface area contributed by atoms with Gasteiger partial charge in [-0.05, 0) is 97.6 Å². The molecule has 42 heavy (non-hydrogen) atoms. The number of fused-ring (bicyclic) bond motifs is 1. The maximum absolute atomic E-state index is 12.4. The van der Waals surface area contributed by atoms with Crippen LogP contribution >= 0.6 is 11.6 Å².